The molecule has 4 nitrogen and oxygen atoms in total. The number of carbonyl (C=O) groups excluding carboxylic acids is 1. The summed E-state index contributed by atoms with van der Waals surface area (Å²) < 4.78 is 5.88. The lowest BCUT2D eigenvalue weighted by Gasteiger charge is -2.13. The monoisotopic (exact) mass is 367 g/mol. The van der Waals surface area contributed by atoms with Gasteiger partial charge in [-0.1, -0.05) is 60.1 Å². The molecule has 0 saturated heterocycles. The molecule has 5 heteroatoms. The summed E-state index contributed by atoms with van der Waals surface area (Å²) in [5.41, 5.74) is 2.05. The second-order valence-electron chi connectivity index (χ2n) is 5.73. The minimum atomic E-state index is -0.400. The maximum Gasteiger partial charge on any atom is 0.255 e. The average Bonchev–Trinajstić information content (AvgIpc) is 2.67. The smallest absolute Gasteiger partial charge is 0.255 e. The first-order valence-electron chi connectivity index (χ1n) is 8.15. The van der Waals surface area contributed by atoms with Gasteiger partial charge in [-0.15, -0.1) is 0 Å². The van der Waals surface area contributed by atoms with Gasteiger partial charge in [-0.05, 0) is 29.8 Å². The van der Waals surface area contributed by atoms with Gasteiger partial charge in [-0.25, -0.2) is 0 Å². The standard InChI is InChI=1S/C21H18ClNO3/c22-17-10-11-19(24)18(12-17)21(25)23-13-16-8-4-5-9-20(16)26-14-15-6-2-1-3-7-15/h1-12,24H,13-14H2,(H,23,25). The van der Waals surface area contributed by atoms with Gasteiger partial charge in [-0.3, -0.25) is 4.79 Å². The lowest BCUT2D eigenvalue weighted by Crippen LogP contribution is -2.23. The minimum Gasteiger partial charge on any atom is -0.507 e. The molecule has 0 heterocycles. The number of ether oxygens (including phenoxy) is 1. The van der Waals surface area contributed by atoms with E-state index in [4.69, 9.17) is 16.3 Å². The molecule has 0 aliphatic heterocycles. The Morgan fingerprint density at radius 1 is 1.00 bits per heavy atom. The fraction of sp³-hybridized carbons (Fsp3) is 0.0952. The van der Waals surface area contributed by atoms with Gasteiger partial charge in [0.2, 0.25) is 0 Å². The van der Waals surface area contributed by atoms with Crippen molar-refractivity contribution in [2.45, 2.75) is 13.2 Å². The molecule has 0 radical (unpaired) electrons. The van der Waals surface area contributed by atoms with Crippen LogP contribution in [0.2, 0.25) is 5.02 Å². The molecule has 0 unspecified atom stereocenters. The third kappa shape index (κ3) is 4.55. The second kappa shape index (κ2) is 8.41. The van der Waals surface area contributed by atoms with Crippen molar-refractivity contribution < 1.29 is 14.6 Å². The molecule has 132 valence electrons. The van der Waals surface area contributed by atoms with Crippen molar-refractivity contribution in [1.29, 1.82) is 0 Å². The van der Waals surface area contributed by atoms with Crippen molar-refractivity contribution >= 4 is 17.5 Å². The van der Waals surface area contributed by atoms with E-state index in [0.717, 1.165) is 11.1 Å². The van der Waals surface area contributed by atoms with Crippen LogP contribution in [0.5, 0.6) is 11.5 Å². The van der Waals surface area contributed by atoms with Crippen LogP contribution in [0, 0.1) is 0 Å². The Kier molecular flexibility index (Phi) is 5.77. The summed E-state index contributed by atoms with van der Waals surface area (Å²) in [5.74, 6) is 0.190. The Labute approximate surface area is 157 Å². The van der Waals surface area contributed by atoms with E-state index < -0.39 is 5.91 Å². The number of aromatic hydroxyl groups is 1. The predicted molar refractivity (Wildman–Crippen MR) is 102 cm³/mol. The second-order valence-corrected chi connectivity index (χ2v) is 6.16. The van der Waals surface area contributed by atoms with Crippen molar-refractivity contribution in [3.05, 3.63) is 94.5 Å². The van der Waals surface area contributed by atoms with E-state index in [0.29, 0.717) is 17.4 Å². The quantitative estimate of drug-likeness (QED) is 0.671. The third-order valence-electron chi connectivity index (χ3n) is 3.85. The maximum atomic E-state index is 12.3. The van der Waals surface area contributed by atoms with Crippen molar-refractivity contribution in [2.75, 3.05) is 0 Å². The highest BCUT2D eigenvalue weighted by atomic mass is 35.5. The summed E-state index contributed by atoms with van der Waals surface area (Å²) >= 11 is 5.89. The summed E-state index contributed by atoms with van der Waals surface area (Å²) in [5, 5.41) is 13.0. The first-order chi connectivity index (χ1) is 12.6. The molecule has 3 aromatic rings. The number of hydrogen-bond acceptors (Lipinski definition) is 3. The molecular weight excluding hydrogens is 350 g/mol. The number of rotatable bonds is 6. The molecule has 0 bridgehead atoms. The highest BCUT2D eigenvalue weighted by Crippen LogP contribution is 2.22. The first-order valence-corrected chi connectivity index (χ1v) is 8.52. The molecule has 0 spiro atoms. The number of nitrogens with one attached hydrogen (secondary N) is 1. The number of amides is 1. The Hall–Kier alpha value is -2.98. The normalized spacial score (nSPS) is 10.3. The zero-order chi connectivity index (χ0) is 18.4. The van der Waals surface area contributed by atoms with Crippen LogP contribution in [0.3, 0.4) is 0 Å². The van der Waals surface area contributed by atoms with Gasteiger partial charge in [0, 0.05) is 17.1 Å². The summed E-state index contributed by atoms with van der Waals surface area (Å²) in [6.45, 7) is 0.719. The van der Waals surface area contributed by atoms with Crippen LogP contribution in [-0.2, 0) is 13.2 Å². The van der Waals surface area contributed by atoms with E-state index in [2.05, 4.69) is 5.32 Å². The third-order valence-corrected chi connectivity index (χ3v) is 4.09. The van der Waals surface area contributed by atoms with Crippen LogP contribution in [0.4, 0.5) is 0 Å². The van der Waals surface area contributed by atoms with Crippen LogP contribution in [0.25, 0.3) is 0 Å². The van der Waals surface area contributed by atoms with E-state index in [9.17, 15) is 9.90 Å². The number of benzene rings is 3. The number of halogens is 1. The van der Waals surface area contributed by atoms with Gasteiger partial charge in [0.05, 0.1) is 5.56 Å². The van der Waals surface area contributed by atoms with Crippen LogP contribution in [-0.4, -0.2) is 11.0 Å². The molecule has 0 atom stereocenters. The SMILES string of the molecule is O=C(NCc1ccccc1OCc1ccccc1)c1cc(Cl)ccc1O. The molecule has 3 rings (SSSR count). The van der Waals surface area contributed by atoms with Crippen LogP contribution < -0.4 is 10.1 Å². The molecule has 3 aromatic carbocycles. The van der Waals surface area contributed by atoms with Gasteiger partial charge < -0.3 is 15.2 Å². The van der Waals surface area contributed by atoms with E-state index >= 15 is 0 Å². The topological polar surface area (TPSA) is 58.6 Å². The van der Waals surface area contributed by atoms with E-state index in [1.54, 1.807) is 0 Å². The molecule has 0 saturated carbocycles. The molecule has 0 fully saturated rings. The van der Waals surface area contributed by atoms with Crippen LogP contribution in [0.1, 0.15) is 21.5 Å². The zero-order valence-corrected chi connectivity index (χ0v) is 14.7. The fourth-order valence-corrected chi connectivity index (χ4v) is 2.66. The molecule has 0 aliphatic carbocycles. The highest BCUT2D eigenvalue weighted by molar-refractivity contribution is 6.31. The van der Waals surface area contributed by atoms with Crippen LogP contribution in [0.15, 0.2) is 72.8 Å². The molecule has 0 aromatic heterocycles. The Balaban J connectivity index is 1.66. The minimum absolute atomic E-state index is 0.111. The van der Waals surface area contributed by atoms with Gasteiger partial charge in [-0.2, -0.15) is 0 Å². The Morgan fingerprint density at radius 2 is 1.73 bits per heavy atom. The molecule has 1 amide bonds. The number of carbonyl (C=O) groups is 1. The summed E-state index contributed by atoms with van der Waals surface area (Å²) in [7, 11) is 0. The fourth-order valence-electron chi connectivity index (χ4n) is 2.49. The van der Waals surface area contributed by atoms with Crippen molar-refractivity contribution in [3.63, 3.8) is 0 Å². The van der Waals surface area contributed by atoms with Gasteiger partial charge >= 0.3 is 0 Å². The summed E-state index contributed by atoms with van der Waals surface area (Å²) in [6.07, 6.45) is 0. The molecule has 0 aliphatic rings. The average molecular weight is 368 g/mol. The number of phenolic OH excluding ortho intramolecular Hbond substituents is 1. The first kappa shape index (κ1) is 17.8. The van der Waals surface area contributed by atoms with Crippen molar-refractivity contribution in [3.8, 4) is 11.5 Å². The summed E-state index contributed by atoms with van der Waals surface area (Å²) in [4.78, 5) is 12.3. The molecular formula is C21H18ClNO3. The molecule has 26 heavy (non-hydrogen) atoms. The van der Waals surface area contributed by atoms with E-state index in [-0.39, 0.29) is 17.9 Å². The lowest BCUT2D eigenvalue weighted by atomic mass is 10.1. The van der Waals surface area contributed by atoms with Crippen LogP contribution >= 0.6 is 11.6 Å². The lowest BCUT2D eigenvalue weighted by molar-refractivity contribution is 0.0948. The summed E-state index contributed by atoms with van der Waals surface area (Å²) in [6, 6.07) is 21.7. The van der Waals surface area contributed by atoms with Gasteiger partial charge in [0.1, 0.15) is 18.1 Å². The van der Waals surface area contributed by atoms with Crippen molar-refractivity contribution in [2.24, 2.45) is 0 Å². The molecule has 2 N–H and O–H groups in total. The number of phenols is 1. The van der Waals surface area contributed by atoms with E-state index in [1.165, 1.54) is 18.2 Å². The van der Waals surface area contributed by atoms with Gasteiger partial charge in [0.25, 0.3) is 5.91 Å². The zero-order valence-electron chi connectivity index (χ0n) is 14.0. The number of para-hydroxylation sites is 1. The predicted octanol–water partition coefficient (Wildman–Crippen LogP) is 4.55. The van der Waals surface area contributed by atoms with Gasteiger partial charge in [0.15, 0.2) is 0 Å². The Bertz CT molecular complexity index is 897. The van der Waals surface area contributed by atoms with E-state index in [1.807, 2.05) is 54.6 Å². The Morgan fingerprint density at radius 3 is 2.54 bits per heavy atom. The largest absolute Gasteiger partial charge is 0.507 e. The number of hydrogen-bond donors (Lipinski definition) is 2. The highest BCUT2D eigenvalue weighted by Gasteiger charge is 2.12. The maximum absolute atomic E-state index is 12.3. The van der Waals surface area contributed by atoms with Crippen molar-refractivity contribution in [1.82, 2.24) is 5.32 Å².